The van der Waals surface area contributed by atoms with Crippen LogP contribution in [0.1, 0.15) is 22.6 Å². The summed E-state index contributed by atoms with van der Waals surface area (Å²) in [5.74, 6) is 1.28. The van der Waals surface area contributed by atoms with E-state index in [1.807, 2.05) is 18.2 Å². The van der Waals surface area contributed by atoms with Gasteiger partial charge in [0.1, 0.15) is 23.4 Å². The van der Waals surface area contributed by atoms with Crippen LogP contribution in [0.25, 0.3) is 0 Å². The van der Waals surface area contributed by atoms with Gasteiger partial charge in [-0.05, 0) is 25.0 Å². The van der Waals surface area contributed by atoms with Crippen molar-refractivity contribution < 1.29 is 0 Å². The number of nitrogens with zero attached hydrogens (tertiary/aromatic N) is 3. The molecule has 90 valence electrons. The third-order valence-electron chi connectivity index (χ3n) is 2.67. The molecule has 0 radical (unpaired) electrons. The van der Waals surface area contributed by atoms with Gasteiger partial charge in [0, 0.05) is 12.6 Å². The Hall–Kier alpha value is -2.41. The predicted molar refractivity (Wildman–Crippen MR) is 70.0 cm³/mol. The molecule has 0 spiro atoms. The molecule has 0 bridgehead atoms. The second-order valence-electron chi connectivity index (χ2n) is 4.08. The number of nitrogens with one attached hydrogen (secondary N) is 1. The first-order chi connectivity index (χ1) is 8.69. The van der Waals surface area contributed by atoms with Crippen LogP contribution in [0.4, 0.5) is 5.82 Å². The van der Waals surface area contributed by atoms with Gasteiger partial charge in [0.25, 0.3) is 0 Å². The van der Waals surface area contributed by atoms with Crippen LogP contribution in [-0.4, -0.2) is 9.97 Å². The number of nitriles is 1. The summed E-state index contributed by atoms with van der Waals surface area (Å²) in [6.45, 7) is 4.54. The zero-order chi connectivity index (χ0) is 13.0. The van der Waals surface area contributed by atoms with E-state index in [2.05, 4.69) is 34.3 Å². The maximum atomic E-state index is 8.85. The van der Waals surface area contributed by atoms with Crippen molar-refractivity contribution in [3.8, 4) is 6.07 Å². The molecule has 4 heteroatoms. The van der Waals surface area contributed by atoms with E-state index in [0.717, 1.165) is 0 Å². The molecule has 0 amide bonds. The average Bonchev–Trinajstić information content (AvgIpc) is 2.37. The summed E-state index contributed by atoms with van der Waals surface area (Å²) in [6, 6.07) is 11.9. The zero-order valence-electron chi connectivity index (χ0n) is 10.4. The van der Waals surface area contributed by atoms with Crippen molar-refractivity contribution in [2.45, 2.75) is 20.4 Å². The lowest BCUT2D eigenvalue weighted by atomic mass is 10.1. The van der Waals surface area contributed by atoms with Gasteiger partial charge in [0.05, 0.1) is 0 Å². The van der Waals surface area contributed by atoms with Crippen LogP contribution in [0, 0.1) is 25.2 Å². The smallest absolute Gasteiger partial charge is 0.146 e. The molecule has 0 fully saturated rings. The maximum Gasteiger partial charge on any atom is 0.146 e. The van der Waals surface area contributed by atoms with Crippen LogP contribution < -0.4 is 5.32 Å². The Kier molecular flexibility index (Phi) is 3.54. The number of hydrogen-bond acceptors (Lipinski definition) is 4. The van der Waals surface area contributed by atoms with E-state index in [1.165, 1.54) is 11.1 Å². The number of aromatic nitrogens is 2. The number of benzene rings is 1. The van der Waals surface area contributed by atoms with Gasteiger partial charge in [-0.2, -0.15) is 5.26 Å². The second kappa shape index (κ2) is 5.28. The molecule has 0 aliphatic heterocycles. The largest absolute Gasteiger partial charge is 0.366 e. The van der Waals surface area contributed by atoms with E-state index in [9.17, 15) is 0 Å². The van der Waals surface area contributed by atoms with E-state index in [4.69, 9.17) is 5.26 Å². The van der Waals surface area contributed by atoms with Crippen molar-refractivity contribution in [2.75, 3.05) is 5.32 Å². The monoisotopic (exact) mass is 238 g/mol. The lowest BCUT2D eigenvalue weighted by molar-refractivity contribution is 1.01. The Morgan fingerprint density at radius 1 is 1.22 bits per heavy atom. The Bertz CT molecular complexity index is 599. The SMILES string of the molecule is Cc1nc(C#N)cc(NCc2ccccc2C)n1. The van der Waals surface area contributed by atoms with Gasteiger partial charge in [-0.25, -0.2) is 9.97 Å². The first-order valence-electron chi connectivity index (χ1n) is 5.73. The normalized spacial score (nSPS) is 9.83. The summed E-state index contributed by atoms with van der Waals surface area (Å²) in [4.78, 5) is 8.27. The standard InChI is InChI=1S/C14H14N4/c1-10-5-3-4-6-12(10)9-16-14-7-13(8-15)17-11(2)18-14/h3-7H,9H2,1-2H3,(H,16,17,18). The van der Waals surface area contributed by atoms with Gasteiger partial charge in [0.15, 0.2) is 0 Å². The summed E-state index contributed by atoms with van der Waals surface area (Å²) < 4.78 is 0. The van der Waals surface area contributed by atoms with Crippen molar-refractivity contribution in [3.05, 3.63) is 53.0 Å². The molecule has 0 saturated carbocycles. The first-order valence-corrected chi connectivity index (χ1v) is 5.73. The van der Waals surface area contributed by atoms with E-state index in [1.54, 1.807) is 13.0 Å². The molecular formula is C14H14N4. The van der Waals surface area contributed by atoms with Gasteiger partial charge in [-0.15, -0.1) is 0 Å². The highest BCUT2D eigenvalue weighted by Crippen LogP contribution is 2.11. The van der Waals surface area contributed by atoms with Crippen molar-refractivity contribution in [1.29, 1.82) is 5.26 Å². The Morgan fingerprint density at radius 3 is 2.72 bits per heavy atom. The third kappa shape index (κ3) is 2.83. The molecule has 1 aromatic carbocycles. The molecule has 4 nitrogen and oxygen atoms in total. The fourth-order valence-corrected chi connectivity index (χ4v) is 1.71. The summed E-state index contributed by atoms with van der Waals surface area (Å²) in [5, 5.41) is 12.1. The second-order valence-corrected chi connectivity index (χ2v) is 4.08. The number of aryl methyl sites for hydroxylation is 2. The molecule has 18 heavy (non-hydrogen) atoms. The van der Waals surface area contributed by atoms with Gasteiger partial charge in [0.2, 0.25) is 0 Å². The molecule has 0 atom stereocenters. The topological polar surface area (TPSA) is 61.6 Å². The van der Waals surface area contributed by atoms with Crippen LogP contribution >= 0.6 is 0 Å². The minimum absolute atomic E-state index is 0.384. The van der Waals surface area contributed by atoms with Crippen LogP contribution in [-0.2, 0) is 6.54 Å². The van der Waals surface area contributed by atoms with Gasteiger partial charge in [-0.3, -0.25) is 0 Å². The van der Waals surface area contributed by atoms with Crippen LogP contribution in [0.5, 0.6) is 0 Å². The van der Waals surface area contributed by atoms with Gasteiger partial charge >= 0.3 is 0 Å². The lowest BCUT2D eigenvalue weighted by Crippen LogP contribution is -2.05. The number of hydrogen-bond donors (Lipinski definition) is 1. The molecule has 0 aliphatic carbocycles. The summed E-state index contributed by atoms with van der Waals surface area (Å²) in [7, 11) is 0. The van der Waals surface area contributed by atoms with Crippen molar-refractivity contribution >= 4 is 5.82 Å². The van der Waals surface area contributed by atoms with Crippen molar-refractivity contribution in [2.24, 2.45) is 0 Å². The van der Waals surface area contributed by atoms with Gasteiger partial charge in [-0.1, -0.05) is 24.3 Å². The molecule has 2 aromatic rings. The lowest BCUT2D eigenvalue weighted by Gasteiger charge is -2.08. The minimum atomic E-state index is 0.384. The average molecular weight is 238 g/mol. The molecule has 0 unspecified atom stereocenters. The molecular weight excluding hydrogens is 224 g/mol. The fourth-order valence-electron chi connectivity index (χ4n) is 1.71. The van der Waals surface area contributed by atoms with Crippen LogP contribution in [0.3, 0.4) is 0 Å². The Labute approximate surface area is 106 Å². The fraction of sp³-hybridized carbons (Fsp3) is 0.214. The quantitative estimate of drug-likeness (QED) is 0.892. The van der Waals surface area contributed by atoms with Gasteiger partial charge < -0.3 is 5.32 Å². The molecule has 0 saturated heterocycles. The Morgan fingerprint density at radius 2 is 2.00 bits per heavy atom. The zero-order valence-corrected chi connectivity index (χ0v) is 10.4. The summed E-state index contributed by atoms with van der Waals surface area (Å²) >= 11 is 0. The summed E-state index contributed by atoms with van der Waals surface area (Å²) in [5.41, 5.74) is 2.83. The highest BCUT2D eigenvalue weighted by Gasteiger charge is 2.02. The molecule has 0 aliphatic rings. The Balaban J connectivity index is 2.14. The highest BCUT2D eigenvalue weighted by molar-refractivity contribution is 5.41. The first kappa shape index (κ1) is 12.1. The van der Waals surface area contributed by atoms with Crippen molar-refractivity contribution in [3.63, 3.8) is 0 Å². The molecule has 1 heterocycles. The van der Waals surface area contributed by atoms with E-state index < -0.39 is 0 Å². The minimum Gasteiger partial charge on any atom is -0.366 e. The van der Waals surface area contributed by atoms with E-state index >= 15 is 0 Å². The maximum absolute atomic E-state index is 8.85. The molecule has 1 aromatic heterocycles. The molecule has 1 N–H and O–H groups in total. The van der Waals surface area contributed by atoms with Crippen molar-refractivity contribution in [1.82, 2.24) is 9.97 Å². The number of rotatable bonds is 3. The van der Waals surface area contributed by atoms with E-state index in [-0.39, 0.29) is 0 Å². The number of anilines is 1. The van der Waals surface area contributed by atoms with Crippen LogP contribution in [0.2, 0.25) is 0 Å². The van der Waals surface area contributed by atoms with Crippen LogP contribution in [0.15, 0.2) is 30.3 Å². The highest BCUT2D eigenvalue weighted by atomic mass is 15.0. The third-order valence-corrected chi connectivity index (χ3v) is 2.67. The van der Waals surface area contributed by atoms with E-state index in [0.29, 0.717) is 23.9 Å². The molecule has 2 rings (SSSR count). The predicted octanol–water partition coefficient (Wildman–Crippen LogP) is 2.58. The summed E-state index contributed by atoms with van der Waals surface area (Å²) in [6.07, 6.45) is 0.